The molecule has 2 aromatic rings. The first kappa shape index (κ1) is 9.77. The predicted octanol–water partition coefficient (Wildman–Crippen LogP) is 2.74. The Bertz CT molecular complexity index is 526. The average Bonchev–Trinajstić information content (AvgIpc) is 2.55. The number of aryl methyl sites for hydroxylation is 2. The fourth-order valence-electron chi connectivity index (χ4n) is 1.94. The summed E-state index contributed by atoms with van der Waals surface area (Å²) in [4.78, 5) is 14.2. The number of rotatable bonds is 2. The van der Waals surface area contributed by atoms with Crippen LogP contribution in [0.25, 0.3) is 10.9 Å². The SMILES string of the molecule is CCc1[nH]c2c(C(=O)O)cccc2c1C. The molecule has 0 unspecified atom stereocenters. The van der Waals surface area contributed by atoms with Crippen molar-refractivity contribution in [3.8, 4) is 0 Å². The van der Waals surface area contributed by atoms with Crippen molar-refractivity contribution < 1.29 is 9.90 Å². The van der Waals surface area contributed by atoms with Crippen LogP contribution in [0.1, 0.15) is 28.5 Å². The Morgan fingerprint density at radius 3 is 2.80 bits per heavy atom. The van der Waals surface area contributed by atoms with Crippen LogP contribution in [0.2, 0.25) is 0 Å². The third-order valence-corrected chi connectivity index (χ3v) is 2.78. The lowest BCUT2D eigenvalue weighted by molar-refractivity contribution is 0.0699. The number of hydrogen-bond acceptors (Lipinski definition) is 1. The van der Waals surface area contributed by atoms with Crippen LogP contribution in [-0.4, -0.2) is 16.1 Å². The molecule has 0 aliphatic rings. The topological polar surface area (TPSA) is 53.1 Å². The molecule has 0 saturated heterocycles. The summed E-state index contributed by atoms with van der Waals surface area (Å²) in [5.41, 5.74) is 3.34. The smallest absolute Gasteiger partial charge is 0.337 e. The summed E-state index contributed by atoms with van der Waals surface area (Å²) >= 11 is 0. The van der Waals surface area contributed by atoms with Crippen LogP contribution in [0, 0.1) is 6.92 Å². The molecule has 0 fully saturated rings. The molecule has 0 aliphatic carbocycles. The van der Waals surface area contributed by atoms with E-state index in [9.17, 15) is 4.79 Å². The number of benzene rings is 1. The summed E-state index contributed by atoms with van der Waals surface area (Å²) in [5, 5.41) is 10.0. The first-order valence-corrected chi connectivity index (χ1v) is 4.98. The monoisotopic (exact) mass is 203 g/mol. The van der Waals surface area contributed by atoms with Crippen molar-refractivity contribution in [3.63, 3.8) is 0 Å². The minimum absolute atomic E-state index is 0.343. The summed E-state index contributed by atoms with van der Waals surface area (Å²) < 4.78 is 0. The van der Waals surface area contributed by atoms with E-state index < -0.39 is 5.97 Å². The van der Waals surface area contributed by atoms with Crippen LogP contribution >= 0.6 is 0 Å². The summed E-state index contributed by atoms with van der Waals surface area (Å²) in [7, 11) is 0. The number of carbonyl (C=O) groups is 1. The van der Waals surface area contributed by atoms with E-state index >= 15 is 0 Å². The van der Waals surface area contributed by atoms with Gasteiger partial charge in [0.1, 0.15) is 0 Å². The zero-order valence-electron chi connectivity index (χ0n) is 8.79. The lowest BCUT2D eigenvalue weighted by Crippen LogP contribution is -1.96. The van der Waals surface area contributed by atoms with Gasteiger partial charge in [-0.2, -0.15) is 0 Å². The van der Waals surface area contributed by atoms with Crippen LogP contribution in [0.4, 0.5) is 0 Å². The summed E-state index contributed by atoms with van der Waals surface area (Å²) in [6.07, 6.45) is 0.888. The zero-order chi connectivity index (χ0) is 11.0. The average molecular weight is 203 g/mol. The highest BCUT2D eigenvalue weighted by Gasteiger charge is 2.12. The van der Waals surface area contributed by atoms with Crippen molar-refractivity contribution >= 4 is 16.9 Å². The lowest BCUT2D eigenvalue weighted by atomic mass is 10.1. The van der Waals surface area contributed by atoms with E-state index in [-0.39, 0.29) is 0 Å². The van der Waals surface area contributed by atoms with E-state index in [0.717, 1.165) is 28.6 Å². The van der Waals surface area contributed by atoms with Crippen LogP contribution < -0.4 is 0 Å². The number of nitrogens with one attached hydrogen (secondary N) is 1. The molecule has 2 rings (SSSR count). The maximum absolute atomic E-state index is 11.0. The zero-order valence-corrected chi connectivity index (χ0v) is 8.79. The molecule has 0 atom stereocenters. The van der Waals surface area contributed by atoms with Crippen molar-refractivity contribution in [1.29, 1.82) is 0 Å². The van der Waals surface area contributed by atoms with Crippen molar-refractivity contribution in [1.82, 2.24) is 4.98 Å². The molecule has 0 amide bonds. The van der Waals surface area contributed by atoms with Crippen LogP contribution in [0.3, 0.4) is 0 Å². The number of hydrogen-bond donors (Lipinski definition) is 2. The molecule has 3 heteroatoms. The Kier molecular flexibility index (Phi) is 2.23. The van der Waals surface area contributed by atoms with Crippen molar-refractivity contribution in [2.45, 2.75) is 20.3 Å². The molecule has 0 spiro atoms. The van der Waals surface area contributed by atoms with Gasteiger partial charge >= 0.3 is 5.97 Å². The molecule has 78 valence electrons. The van der Waals surface area contributed by atoms with Gasteiger partial charge in [-0.05, 0) is 25.0 Å². The van der Waals surface area contributed by atoms with Crippen molar-refractivity contribution in [2.24, 2.45) is 0 Å². The van der Waals surface area contributed by atoms with Crippen molar-refractivity contribution in [3.05, 3.63) is 35.0 Å². The van der Waals surface area contributed by atoms with Gasteiger partial charge in [-0.1, -0.05) is 19.1 Å². The Balaban J connectivity index is 2.81. The normalized spacial score (nSPS) is 10.8. The quantitative estimate of drug-likeness (QED) is 0.788. The van der Waals surface area contributed by atoms with Crippen LogP contribution in [0.5, 0.6) is 0 Å². The van der Waals surface area contributed by atoms with Gasteiger partial charge < -0.3 is 10.1 Å². The fourth-order valence-corrected chi connectivity index (χ4v) is 1.94. The van der Waals surface area contributed by atoms with Crippen LogP contribution in [0.15, 0.2) is 18.2 Å². The van der Waals surface area contributed by atoms with Gasteiger partial charge in [-0.3, -0.25) is 0 Å². The highest BCUT2D eigenvalue weighted by molar-refractivity contribution is 6.03. The Labute approximate surface area is 87.7 Å². The third-order valence-electron chi connectivity index (χ3n) is 2.78. The van der Waals surface area contributed by atoms with Gasteiger partial charge in [0.05, 0.1) is 11.1 Å². The van der Waals surface area contributed by atoms with E-state index in [1.807, 2.05) is 13.0 Å². The molecule has 0 radical (unpaired) electrons. The molecule has 1 aromatic heterocycles. The standard InChI is InChI=1S/C12H13NO2/c1-3-10-7(2)8-5-4-6-9(12(14)15)11(8)13-10/h4-6,13H,3H2,1-2H3,(H,14,15). The Morgan fingerprint density at radius 2 is 2.20 bits per heavy atom. The number of para-hydroxylation sites is 1. The maximum atomic E-state index is 11.0. The van der Waals surface area contributed by atoms with Crippen LogP contribution in [-0.2, 0) is 6.42 Å². The number of aromatic amines is 1. The largest absolute Gasteiger partial charge is 0.478 e. The van der Waals surface area contributed by atoms with E-state index in [4.69, 9.17) is 5.11 Å². The fraction of sp³-hybridized carbons (Fsp3) is 0.250. The summed E-state index contributed by atoms with van der Waals surface area (Å²) in [5.74, 6) is -0.885. The summed E-state index contributed by atoms with van der Waals surface area (Å²) in [6, 6.07) is 5.36. The third kappa shape index (κ3) is 1.40. The number of carboxylic acids is 1. The predicted molar refractivity (Wildman–Crippen MR) is 59.4 cm³/mol. The first-order chi connectivity index (χ1) is 7.15. The highest BCUT2D eigenvalue weighted by Crippen LogP contribution is 2.24. The number of aromatic nitrogens is 1. The maximum Gasteiger partial charge on any atom is 0.337 e. The van der Waals surface area contributed by atoms with Gasteiger partial charge in [0.2, 0.25) is 0 Å². The Morgan fingerprint density at radius 1 is 1.47 bits per heavy atom. The van der Waals surface area contributed by atoms with Gasteiger partial charge in [-0.25, -0.2) is 4.79 Å². The number of H-pyrrole nitrogens is 1. The second kappa shape index (κ2) is 3.42. The first-order valence-electron chi connectivity index (χ1n) is 4.98. The molecule has 3 nitrogen and oxygen atoms in total. The van der Waals surface area contributed by atoms with Gasteiger partial charge in [0.15, 0.2) is 0 Å². The molecule has 0 bridgehead atoms. The molecule has 1 aromatic carbocycles. The van der Waals surface area contributed by atoms with E-state index in [1.165, 1.54) is 0 Å². The number of carboxylic acid groups (broad SMARTS) is 1. The molecule has 0 aliphatic heterocycles. The molecule has 0 saturated carbocycles. The van der Waals surface area contributed by atoms with Crippen molar-refractivity contribution in [2.75, 3.05) is 0 Å². The summed E-state index contributed by atoms with van der Waals surface area (Å²) in [6.45, 7) is 4.07. The molecule has 15 heavy (non-hydrogen) atoms. The van der Waals surface area contributed by atoms with E-state index in [2.05, 4.69) is 11.9 Å². The highest BCUT2D eigenvalue weighted by atomic mass is 16.4. The molecular formula is C12H13NO2. The van der Waals surface area contributed by atoms with E-state index in [1.54, 1.807) is 12.1 Å². The number of fused-ring (bicyclic) bond motifs is 1. The van der Waals surface area contributed by atoms with E-state index in [0.29, 0.717) is 5.56 Å². The molecular weight excluding hydrogens is 190 g/mol. The van der Waals surface area contributed by atoms with Gasteiger partial charge in [0, 0.05) is 11.1 Å². The minimum Gasteiger partial charge on any atom is -0.478 e. The Hall–Kier alpha value is -1.77. The molecule has 2 N–H and O–H groups in total. The molecule has 1 heterocycles. The minimum atomic E-state index is -0.885. The second-order valence-corrected chi connectivity index (χ2v) is 3.62. The number of aromatic carboxylic acids is 1. The lowest BCUT2D eigenvalue weighted by Gasteiger charge is -1.96. The van der Waals surface area contributed by atoms with Gasteiger partial charge in [0.25, 0.3) is 0 Å². The van der Waals surface area contributed by atoms with Gasteiger partial charge in [-0.15, -0.1) is 0 Å². The second-order valence-electron chi connectivity index (χ2n) is 3.62.